The molecule has 0 radical (unpaired) electrons. The van der Waals surface area contributed by atoms with Gasteiger partial charge >= 0.3 is 0 Å². The molecule has 2 rings (SSSR count). The summed E-state index contributed by atoms with van der Waals surface area (Å²) in [6.45, 7) is 0. The molecule has 3 heteroatoms. The zero-order valence-electron chi connectivity index (χ0n) is 8.50. The lowest BCUT2D eigenvalue weighted by Crippen LogP contribution is -1.81. The molecule has 1 nitrogen and oxygen atoms in total. The predicted molar refractivity (Wildman–Crippen MR) is 73.1 cm³/mol. The number of rotatable bonds is 2. The summed E-state index contributed by atoms with van der Waals surface area (Å²) in [6, 6.07) is 19.5. The molecule has 0 spiro atoms. The molecule has 0 aromatic heterocycles. The van der Waals surface area contributed by atoms with Crippen LogP contribution in [0.25, 0.3) is 0 Å². The molecule has 16 heavy (non-hydrogen) atoms. The van der Waals surface area contributed by atoms with E-state index in [9.17, 15) is 0 Å². The van der Waals surface area contributed by atoms with Crippen LogP contribution in [0.3, 0.4) is 0 Å². The first-order chi connectivity index (χ1) is 7.86. The van der Waals surface area contributed by atoms with Crippen LogP contribution in [-0.4, -0.2) is 4.31 Å². The fourth-order valence-corrected chi connectivity index (χ4v) is 1.11. The Labute approximate surface area is 106 Å². The molecule has 80 valence electrons. The van der Waals surface area contributed by atoms with Gasteiger partial charge in [0.2, 0.25) is 0 Å². The van der Waals surface area contributed by atoms with Gasteiger partial charge in [0.15, 0.2) is 0 Å². The Kier molecular flexibility index (Phi) is 6.04. The van der Waals surface area contributed by atoms with Gasteiger partial charge in [0.25, 0.3) is 0 Å². The lowest BCUT2D eigenvalue weighted by molar-refractivity contribution is 0.482. The van der Waals surface area contributed by atoms with Gasteiger partial charge in [-0.05, 0) is 48.7 Å². The van der Waals surface area contributed by atoms with Crippen LogP contribution in [0, 0.1) is 0 Å². The van der Waals surface area contributed by atoms with E-state index in [2.05, 4.69) is 24.4 Å². The lowest BCUT2D eigenvalue weighted by Gasteiger charge is -2.03. The molecule has 0 bridgehead atoms. The van der Waals surface area contributed by atoms with E-state index in [1.54, 1.807) is 0 Å². The van der Waals surface area contributed by atoms with E-state index in [0.29, 0.717) is 0 Å². The summed E-state index contributed by atoms with van der Waals surface area (Å²) < 4.78 is 7.50. The Morgan fingerprint density at radius 1 is 0.688 bits per heavy atom. The molecule has 0 fully saturated rings. The van der Waals surface area contributed by atoms with Crippen molar-refractivity contribution in [3.05, 3.63) is 60.7 Å². The summed E-state index contributed by atoms with van der Waals surface area (Å²) in [5.74, 6) is 1.74. The lowest BCUT2D eigenvalue weighted by atomic mass is 10.3. The third-order valence-corrected chi connectivity index (χ3v) is 1.72. The van der Waals surface area contributed by atoms with Crippen molar-refractivity contribution in [1.82, 2.24) is 0 Å². The molecule has 0 amide bonds. The predicted octanol–water partition coefficient (Wildman–Crippen LogP) is 4.50. The van der Waals surface area contributed by atoms with Crippen molar-refractivity contribution in [2.24, 2.45) is 0 Å². The summed E-state index contributed by atoms with van der Waals surface area (Å²) >= 11 is 7.92. The van der Waals surface area contributed by atoms with E-state index < -0.39 is 0 Å². The highest BCUT2D eigenvalue weighted by atomic mass is 32.1. The summed E-state index contributed by atoms with van der Waals surface area (Å²) in [5.41, 5.74) is 0. The first-order valence-electron chi connectivity index (χ1n) is 4.64. The zero-order chi connectivity index (χ0) is 11.6. The summed E-state index contributed by atoms with van der Waals surface area (Å²) in [7, 11) is 0. The maximum atomic E-state index is 5.58. The van der Waals surface area contributed by atoms with Gasteiger partial charge in [-0.1, -0.05) is 36.4 Å². The topological polar surface area (TPSA) is 9.23 Å². The highest BCUT2D eigenvalue weighted by Gasteiger charge is 1.92. The van der Waals surface area contributed by atoms with Crippen molar-refractivity contribution < 1.29 is 4.74 Å². The van der Waals surface area contributed by atoms with Crippen LogP contribution in [0.1, 0.15) is 0 Å². The zero-order valence-corrected chi connectivity index (χ0v) is 10.1. The molecule has 0 N–H and O–H groups in total. The molecule has 2 aromatic carbocycles. The largest absolute Gasteiger partial charge is 0.457 e. The number of hydrogen-bond donors (Lipinski definition) is 0. The fraction of sp³-hybridized carbons (Fsp3) is 0. The fourth-order valence-electron chi connectivity index (χ4n) is 1.11. The van der Waals surface area contributed by atoms with Gasteiger partial charge in [-0.15, -0.1) is 0 Å². The molecular formula is C13H10OS2. The van der Waals surface area contributed by atoms with Gasteiger partial charge < -0.3 is 4.74 Å². The standard InChI is InChI=1S/C12H10O.CS2/c1-3-7-11(8-4-1)13-12-9-5-2-6-10-12;2-1-3/h1-10H;. The maximum absolute atomic E-state index is 5.58. The third-order valence-electron chi connectivity index (χ3n) is 1.72. The van der Waals surface area contributed by atoms with Crippen molar-refractivity contribution in [3.8, 4) is 11.5 Å². The van der Waals surface area contributed by atoms with E-state index >= 15 is 0 Å². The Morgan fingerprint density at radius 2 is 1.00 bits per heavy atom. The molecule has 2 aromatic rings. The second-order valence-electron chi connectivity index (χ2n) is 2.81. The Morgan fingerprint density at radius 3 is 1.31 bits per heavy atom. The minimum Gasteiger partial charge on any atom is -0.457 e. The number of benzene rings is 2. The second-order valence-corrected chi connectivity index (χ2v) is 3.48. The van der Waals surface area contributed by atoms with Crippen LogP contribution in [0.2, 0.25) is 0 Å². The van der Waals surface area contributed by atoms with Gasteiger partial charge in [0, 0.05) is 4.31 Å². The number of thiocarbonyl (C=S) groups is 2. The molecular weight excluding hydrogens is 236 g/mol. The maximum Gasteiger partial charge on any atom is 0.127 e. The normalized spacial score (nSPS) is 8.25. The highest BCUT2D eigenvalue weighted by Crippen LogP contribution is 2.19. The smallest absolute Gasteiger partial charge is 0.127 e. The van der Waals surface area contributed by atoms with E-state index in [1.165, 1.54) is 0 Å². The molecule has 0 aliphatic carbocycles. The quantitative estimate of drug-likeness (QED) is 0.722. The van der Waals surface area contributed by atoms with E-state index in [4.69, 9.17) is 4.74 Å². The van der Waals surface area contributed by atoms with Crippen molar-refractivity contribution in [2.75, 3.05) is 0 Å². The second kappa shape index (κ2) is 7.71. The molecule has 0 heterocycles. The van der Waals surface area contributed by atoms with Crippen molar-refractivity contribution in [3.63, 3.8) is 0 Å². The third kappa shape index (κ3) is 4.80. The monoisotopic (exact) mass is 246 g/mol. The van der Waals surface area contributed by atoms with Crippen molar-refractivity contribution >= 4 is 28.7 Å². The van der Waals surface area contributed by atoms with Crippen LogP contribution in [0.4, 0.5) is 0 Å². The van der Waals surface area contributed by atoms with Gasteiger partial charge in [0.05, 0.1) is 0 Å². The number of para-hydroxylation sites is 2. The van der Waals surface area contributed by atoms with Crippen LogP contribution in [0.15, 0.2) is 60.7 Å². The van der Waals surface area contributed by atoms with Gasteiger partial charge in [-0.25, -0.2) is 0 Å². The molecule has 0 aliphatic rings. The summed E-state index contributed by atoms with van der Waals surface area (Å²) in [6.07, 6.45) is 0. The van der Waals surface area contributed by atoms with Crippen LogP contribution < -0.4 is 4.74 Å². The Hall–Kier alpha value is -1.54. The molecule has 0 aliphatic heterocycles. The van der Waals surface area contributed by atoms with Crippen LogP contribution in [-0.2, 0) is 0 Å². The van der Waals surface area contributed by atoms with Crippen LogP contribution in [0.5, 0.6) is 11.5 Å². The molecule has 0 saturated heterocycles. The average Bonchev–Trinajstić information content (AvgIpc) is 2.33. The molecule has 0 unspecified atom stereocenters. The number of hydrogen-bond acceptors (Lipinski definition) is 3. The van der Waals surface area contributed by atoms with Crippen molar-refractivity contribution in [1.29, 1.82) is 0 Å². The number of ether oxygens (including phenoxy) is 1. The van der Waals surface area contributed by atoms with Crippen LogP contribution >= 0.6 is 24.4 Å². The van der Waals surface area contributed by atoms with Gasteiger partial charge in [-0.2, -0.15) is 0 Å². The van der Waals surface area contributed by atoms with E-state index in [-0.39, 0.29) is 0 Å². The van der Waals surface area contributed by atoms with E-state index in [1.807, 2.05) is 65.0 Å². The van der Waals surface area contributed by atoms with Gasteiger partial charge in [-0.3, -0.25) is 0 Å². The molecule has 0 saturated carbocycles. The highest BCUT2D eigenvalue weighted by molar-refractivity contribution is 7.93. The SMILES string of the molecule is S=C=S.c1ccc(Oc2ccccc2)cc1. The minimum atomic E-state index is 0.869. The first kappa shape index (κ1) is 12.5. The summed E-state index contributed by atoms with van der Waals surface area (Å²) in [4.78, 5) is 0. The average molecular weight is 246 g/mol. The molecule has 0 atom stereocenters. The van der Waals surface area contributed by atoms with Gasteiger partial charge in [0.1, 0.15) is 11.5 Å². The Balaban J connectivity index is 0.000000386. The Bertz CT molecular complexity index is 397. The summed E-state index contributed by atoms with van der Waals surface area (Å²) in [5, 5.41) is 0. The van der Waals surface area contributed by atoms with E-state index in [0.717, 1.165) is 11.5 Å². The van der Waals surface area contributed by atoms with Crippen molar-refractivity contribution in [2.45, 2.75) is 0 Å². The first-order valence-corrected chi connectivity index (χ1v) is 5.45. The minimum absolute atomic E-state index is 0.869.